The number of methoxy groups -OCH3 is 1. The average molecular weight is 317 g/mol. The molecular weight excluding hydrogens is 305 g/mol. The first-order valence-corrected chi connectivity index (χ1v) is 5.74. The second-order valence-electron chi connectivity index (χ2n) is 3.24. The van der Waals surface area contributed by atoms with E-state index in [0.29, 0.717) is 5.75 Å². The highest BCUT2D eigenvalue weighted by Gasteiger charge is 2.29. The monoisotopic (exact) mass is 316 g/mol. The van der Waals surface area contributed by atoms with Gasteiger partial charge in [-0.1, -0.05) is 0 Å². The Balaban J connectivity index is 0.00000324. The van der Waals surface area contributed by atoms with Gasteiger partial charge in [0, 0.05) is 6.07 Å². The summed E-state index contributed by atoms with van der Waals surface area (Å²) in [6.45, 7) is 0. The van der Waals surface area contributed by atoms with Gasteiger partial charge in [-0.25, -0.2) is 0 Å². The Morgan fingerprint density at radius 3 is 2.63 bits per heavy atom. The Morgan fingerprint density at radius 1 is 1.47 bits per heavy atom. The fourth-order valence-electron chi connectivity index (χ4n) is 1.10. The molecule has 0 radical (unpaired) electrons. The summed E-state index contributed by atoms with van der Waals surface area (Å²) in [5.41, 5.74) is 1.62. The Labute approximate surface area is 118 Å². The number of nitrogens with one attached hydrogen (secondary N) is 1. The molecular formula is C10H12ClF3N2O2S. The van der Waals surface area contributed by atoms with Crippen LogP contribution in [0, 0.1) is 0 Å². The minimum Gasteiger partial charge on any atom is -0.497 e. The maximum Gasteiger partial charge on any atom is 0.442 e. The molecule has 1 aromatic carbocycles. The van der Waals surface area contributed by atoms with Gasteiger partial charge in [-0.15, -0.1) is 12.4 Å². The summed E-state index contributed by atoms with van der Waals surface area (Å²) in [7, 11) is 1.43. The van der Waals surface area contributed by atoms with Crippen LogP contribution < -0.4 is 15.8 Å². The van der Waals surface area contributed by atoms with Crippen molar-refractivity contribution in [2.75, 3.05) is 23.9 Å². The van der Waals surface area contributed by atoms with Crippen LogP contribution in [-0.4, -0.2) is 24.3 Å². The molecule has 0 aromatic heterocycles. The van der Waals surface area contributed by atoms with Crippen LogP contribution in [0.4, 0.5) is 24.5 Å². The minimum absolute atomic E-state index is 0. The number of thioether (sulfide) groups is 1. The number of hydrogen-bond acceptors (Lipinski definition) is 4. The van der Waals surface area contributed by atoms with Gasteiger partial charge in [0.25, 0.3) is 0 Å². The number of hydrogen-bond donors (Lipinski definition) is 2. The van der Waals surface area contributed by atoms with Gasteiger partial charge < -0.3 is 15.8 Å². The second-order valence-corrected chi connectivity index (χ2v) is 4.28. The van der Waals surface area contributed by atoms with Crippen LogP contribution in [0.25, 0.3) is 0 Å². The highest BCUT2D eigenvalue weighted by molar-refractivity contribution is 8.00. The summed E-state index contributed by atoms with van der Waals surface area (Å²) in [6.07, 6.45) is 0. The number of nitrogens with two attached hydrogens (primary N) is 1. The summed E-state index contributed by atoms with van der Waals surface area (Å²) in [6, 6.07) is 4.51. The molecule has 0 saturated carbocycles. The van der Waals surface area contributed by atoms with Crippen molar-refractivity contribution in [2.45, 2.75) is 5.51 Å². The number of anilines is 2. The predicted octanol–water partition coefficient (Wildman–Crippen LogP) is 2.89. The molecule has 1 amide bonds. The van der Waals surface area contributed by atoms with Gasteiger partial charge in [0.2, 0.25) is 5.91 Å². The van der Waals surface area contributed by atoms with Crippen molar-refractivity contribution < 1.29 is 22.7 Å². The maximum atomic E-state index is 11.9. The van der Waals surface area contributed by atoms with E-state index in [-0.39, 0.29) is 23.8 Å². The maximum absolute atomic E-state index is 11.9. The quantitative estimate of drug-likeness (QED) is 0.838. The number of rotatable bonds is 4. The van der Waals surface area contributed by atoms with Gasteiger partial charge in [-0.05, 0) is 23.9 Å². The molecule has 4 nitrogen and oxygen atoms in total. The first-order valence-electron chi connectivity index (χ1n) is 4.76. The van der Waals surface area contributed by atoms with E-state index in [1.54, 1.807) is 6.07 Å². The lowest BCUT2D eigenvalue weighted by Gasteiger charge is -2.10. The topological polar surface area (TPSA) is 64.3 Å². The summed E-state index contributed by atoms with van der Waals surface area (Å²) in [5, 5.41) is 2.29. The highest BCUT2D eigenvalue weighted by atomic mass is 35.5. The number of carbonyl (C=O) groups excluding carboxylic acids is 1. The van der Waals surface area contributed by atoms with E-state index in [9.17, 15) is 18.0 Å². The first-order chi connectivity index (χ1) is 8.31. The summed E-state index contributed by atoms with van der Waals surface area (Å²) >= 11 is -0.407. The van der Waals surface area contributed by atoms with Crippen LogP contribution in [0.5, 0.6) is 5.75 Å². The van der Waals surface area contributed by atoms with Crippen molar-refractivity contribution in [3.05, 3.63) is 18.2 Å². The number of halogens is 4. The molecule has 0 aliphatic carbocycles. The van der Waals surface area contributed by atoms with Crippen LogP contribution in [0.15, 0.2) is 18.2 Å². The van der Waals surface area contributed by atoms with Gasteiger partial charge in [0.15, 0.2) is 0 Å². The van der Waals surface area contributed by atoms with Gasteiger partial charge in [0.1, 0.15) is 5.75 Å². The lowest BCUT2D eigenvalue weighted by atomic mass is 10.2. The zero-order chi connectivity index (χ0) is 13.8. The third-order valence-electron chi connectivity index (χ3n) is 1.90. The van der Waals surface area contributed by atoms with E-state index >= 15 is 0 Å². The zero-order valence-corrected chi connectivity index (χ0v) is 11.4. The van der Waals surface area contributed by atoms with E-state index in [2.05, 4.69) is 5.32 Å². The highest BCUT2D eigenvalue weighted by Crippen LogP contribution is 2.30. The van der Waals surface area contributed by atoms with E-state index in [4.69, 9.17) is 10.5 Å². The predicted molar refractivity (Wildman–Crippen MR) is 71.8 cm³/mol. The van der Waals surface area contributed by atoms with Crippen molar-refractivity contribution in [3.8, 4) is 5.75 Å². The minimum atomic E-state index is -4.43. The number of benzene rings is 1. The summed E-state index contributed by atoms with van der Waals surface area (Å²) in [4.78, 5) is 11.3. The normalized spacial score (nSPS) is 10.5. The standard InChI is InChI=1S/C10H11F3N2O2S.ClH/c1-17-6-2-3-7(14)8(4-6)15-9(16)5-18-10(11,12)13;/h2-4H,5,14H2,1H3,(H,15,16);1H. The Hall–Kier alpha value is -1.28. The molecule has 108 valence electrons. The molecule has 0 unspecified atom stereocenters. The number of amides is 1. The molecule has 0 bridgehead atoms. The van der Waals surface area contributed by atoms with Crippen molar-refractivity contribution in [3.63, 3.8) is 0 Å². The second kappa shape index (κ2) is 7.34. The van der Waals surface area contributed by atoms with E-state index in [1.807, 2.05) is 0 Å². The van der Waals surface area contributed by atoms with Gasteiger partial charge >= 0.3 is 5.51 Å². The molecule has 0 aliphatic rings. The fraction of sp³-hybridized carbons (Fsp3) is 0.300. The Bertz CT molecular complexity index is 443. The number of ether oxygens (including phenoxy) is 1. The Morgan fingerprint density at radius 2 is 2.11 bits per heavy atom. The molecule has 1 aromatic rings. The van der Waals surface area contributed by atoms with Crippen molar-refractivity contribution in [2.24, 2.45) is 0 Å². The van der Waals surface area contributed by atoms with Gasteiger partial charge in [0.05, 0.1) is 24.2 Å². The van der Waals surface area contributed by atoms with Crippen LogP contribution >= 0.6 is 24.2 Å². The van der Waals surface area contributed by atoms with Gasteiger partial charge in [-0.2, -0.15) is 13.2 Å². The lowest BCUT2D eigenvalue weighted by molar-refractivity contribution is -0.114. The first kappa shape index (κ1) is 17.7. The number of alkyl halides is 3. The largest absolute Gasteiger partial charge is 0.497 e. The molecule has 0 aliphatic heterocycles. The number of nitrogen functional groups attached to an aromatic ring is 1. The molecule has 0 spiro atoms. The number of carbonyl (C=O) groups is 1. The molecule has 9 heteroatoms. The van der Waals surface area contributed by atoms with Crippen LogP contribution in [0.2, 0.25) is 0 Å². The molecule has 0 fully saturated rings. The summed E-state index contributed by atoms with van der Waals surface area (Å²) < 4.78 is 40.6. The van der Waals surface area contributed by atoms with Crippen molar-refractivity contribution >= 4 is 41.5 Å². The van der Waals surface area contributed by atoms with Crippen LogP contribution in [-0.2, 0) is 4.79 Å². The van der Waals surface area contributed by atoms with E-state index in [1.165, 1.54) is 19.2 Å². The molecule has 0 heterocycles. The molecule has 1 rings (SSSR count). The SMILES string of the molecule is COc1ccc(N)c(NC(=O)CSC(F)(F)F)c1.Cl. The van der Waals surface area contributed by atoms with Crippen LogP contribution in [0.1, 0.15) is 0 Å². The molecule has 19 heavy (non-hydrogen) atoms. The van der Waals surface area contributed by atoms with Gasteiger partial charge in [-0.3, -0.25) is 4.79 Å². The Kier molecular flexibility index (Phi) is 6.85. The van der Waals surface area contributed by atoms with Crippen molar-refractivity contribution in [1.82, 2.24) is 0 Å². The smallest absolute Gasteiger partial charge is 0.442 e. The summed E-state index contributed by atoms with van der Waals surface area (Å²) in [5.74, 6) is -1.06. The van der Waals surface area contributed by atoms with E-state index in [0.717, 1.165) is 0 Å². The van der Waals surface area contributed by atoms with Crippen molar-refractivity contribution in [1.29, 1.82) is 0 Å². The van der Waals surface area contributed by atoms with E-state index < -0.39 is 28.9 Å². The zero-order valence-electron chi connectivity index (χ0n) is 9.78. The third kappa shape index (κ3) is 6.44. The fourth-order valence-corrected chi connectivity index (χ4v) is 1.47. The molecule has 0 saturated heterocycles. The van der Waals surface area contributed by atoms with Crippen LogP contribution in [0.3, 0.4) is 0 Å². The average Bonchev–Trinajstić information content (AvgIpc) is 2.28. The lowest BCUT2D eigenvalue weighted by Crippen LogP contribution is -2.18. The third-order valence-corrected chi connectivity index (χ3v) is 2.64. The molecule has 3 N–H and O–H groups in total. The molecule has 0 atom stereocenters.